The maximum atomic E-state index is 13.5. The van der Waals surface area contributed by atoms with Gasteiger partial charge in [-0.1, -0.05) is 49.7 Å². The summed E-state index contributed by atoms with van der Waals surface area (Å²) >= 11 is 6.10. The predicted octanol–water partition coefficient (Wildman–Crippen LogP) is 5.72. The number of fused-ring (bicyclic) bond motifs is 2. The zero-order valence-corrected chi connectivity index (χ0v) is 19.5. The number of amides is 1. The Morgan fingerprint density at radius 2 is 1.72 bits per heavy atom. The van der Waals surface area contributed by atoms with E-state index < -0.39 is 11.4 Å². The van der Waals surface area contributed by atoms with Gasteiger partial charge in [-0.25, -0.2) is 4.79 Å². The molecule has 2 aliphatic rings. The van der Waals surface area contributed by atoms with Crippen molar-refractivity contribution in [2.45, 2.75) is 40.0 Å². The number of anilines is 1. The molecule has 0 spiro atoms. The van der Waals surface area contributed by atoms with Crippen molar-refractivity contribution in [1.29, 1.82) is 0 Å². The van der Waals surface area contributed by atoms with Gasteiger partial charge in [0.05, 0.1) is 28.8 Å². The Hall–Kier alpha value is -2.86. The van der Waals surface area contributed by atoms with Crippen LogP contribution < -0.4 is 10.1 Å². The summed E-state index contributed by atoms with van der Waals surface area (Å²) < 4.78 is 5.19. The number of methoxy groups -OCH3 is 1. The first-order valence-corrected chi connectivity index (χ1v) is 11.0. The zero-order valence-electron chi connectivity index (χ0n) is 18.7. The standard InChI is InChI=1S/C25H27ClN2O4/c1-23(2)24(3)13-14-25(23,22(30)27-16-9-11-17(31-4)12-10-16)15-20(24)28-32-21(29)18-7-5-6-8-19(18)26/h5-12H,13-15H2,1-4H3,(H,27,30)/b28-20+. The summed E-state index contributed by atoms with van der Waals surface area (Å²) in [6.45, 7) is 6.31. The van der Waals surface area contributed by atoms with E-state index >= 15 is 0 Å². The van der Waals surface area contributed by atoms with Crippen LogP contribution >= 0.6 is 11.6 Å². The van der Waals surface area contributed by atoms with E-state index in [0.29, 0.717) is 17.1 Å². The van der Waals surface area contributed by atoms with E-state index in [-0.39, 0.29) is 22.3 Å². The Morgan fingerprint density at radius 1 is 1.03 bits per heavy atom. The third-order valence-corrected chi connectivity index (χ3v) is 8.18. The molecule has 1 amide bonds. The molecule has 168 valence electrons. The highest BCUT2D eigenvalue weighted by Crippen LogP contribution is 2.71. The normalized spacial score (nSPS) is 26.7. The highest BCUT2D eigenvalue weighted by molar-refractivity contribution is 6.33. The van der Waals surface area contributed by atoms with E-state index in [2.05, 4.69) is 31.2 Å². The molecule has 2 atom stereocenters. The number of carbonyl (C=O) groups is 2. The van der Waals surface area contributed by atoms with Crippen LogP contribution in [0.25, 0.3) is 0 Å². The maximum Gasteiger partial charge on any atom is 0.367 e. The molecule has 0 saturated heterocycles. The first-order chi connectivity index (χ1) is 15.1. The number of hydrogen-bond acceptors (Lipinski definition) is 5. The molecule has 32 heavy (non-hydrogen) atoms. The van der Waals surface area contributed by atoms with Crippen LogP contribution in [0.1, 0.15) is 50.4 Å². The fourth-order valence-electron chi connectivity index (χ4n) is 5.22. The van der Waals surface area contributed by atoms with Crippen LogP contribution in [-0.4, -0.2) is 24.7 Å². The van der Waals surface area contributed by atoms with E-state index in [1.165, 1.54) is 0 Å². The molecule has 1 N–H and O–H groups in total. The molecular weight excluding hydrogens is 428 g/mol. The van der Waals surface area contributed by atoms with Crippen LogP contribution in [0.4, 0.5) is 5.69 Å². The second-order valence-corrected chi connectivity index (χ2v) is 9.70. The van der Waals surface area contributed by atoms with Crippen molar-refractivity contribution in [3.05, 3.63) is 59.1 Å². The molecule has 0 radical (unpaired) electrons. The lowest BCUT2D eigenvalue weighted by Gasteiger charge is -2.39. The summed E-state index contributed by atoms with van der Waals surface area (Å²) in [5.74, 6) is 0.0774. The van der Waals surface area contributed by atoms with Gasteiger partial charge in [0.15, 0.2) is 0 Å². The maximum absolute atomic E-state index is 13.5. The molecule has 0 heterocycles. The van der Waals surface area contributed by atoms with E-state index in [4.69, 9.17) is 21.2 Å². The molecule has 2 unspecified atom stereocenters. The average Bonchev–Trinajstić information content (AvgIpc) is 3.09. The van der Waals surface area contributed by atoms with Crippen LogP contribution in [-0.2, 0) is 9.63 Å². The Balaban J connectivity index is 1.58. The molecule has 2 fully saturated rings. The number of halogens is 1. The molecule has 2 aromatic rings. The number of benzene rings is 2. The van der Waals surface area contributed by atoms with Gasteiger partial charge in [-0.05, 0) is 54.7 Å². The number of rotatable bonds is 5. The van der Waals surface area contributed by atoms with Crippen molar-refractivity contribution in [2.75, 3.05) is 12.4 Å². The van der Waals surface area contributed by atoms with Gasteiger partial charge in [0, 0.05) is 17.5 Å². The van der Waals surface area contributed by atoms with Crippen LogP contribution in [0.3, 0.4) is 0 Å². The highest BCUT2D eigenvalue weighted by Gasteiger charge is 2.71. The van der Waals surface area contributed by atoms with Gasteiger partial charge in [0.25, 0.3) is 0 Å². The van der Waals surface area contributed by atoms with Crippen molar-refractivity contribution >= 4 is 34.9 Å². The minimum Gasteiger partial charge on any atom is -0.497 e. The van der Waals surface area contributed by atoms with E-state index in [9.17, 15) is 9.59 Å². The van der Waals surface area contributed by atoms with Crippen LogP contribution in [0.5, 0.6) is 5.75 Å². The summed E-state index contributed by atoms with van der Waals surface area (Å²) in [4.78, 5) is 31.3. The Labute approximate surface area is 192 Å². The Kier molecular flexibility index (Phi) is 5.53. The van der Waals surface area contributed by atoms with Crippen molar-refractivity contribution < 1.29 is 19.2 Å². The van der Waals surface area contributed by atoms with E-state index in [1.54, 1.807) is 31.4 Å². The summed E-state index contributed by atoms with van der Waals surface area (Å²) in [6, 6.07) is 14.0. The molecule has 6 nitrogen and oxygen atoms in total. The number of ether oxygens (including phenoxy) is 1. The van der Waals surface area contributed by atoms with Crippen LogP contribution in [0.2, 0.25) is 5.02 Å². The summed E-state index contributed by atoms with van der Waals surface area (Å²) in [7, 11) is 1.60. The second-order valence-electron chi connectivity index (χ2n) is 9.30. The van der Waals surface area contributed by atoms with E-state index in [0.717, 1.165) is 24.3 Å². The molecule has 2 saturated carbocycles. The number of nitrogens with zero attached hydrogens (tertiary/aromatic N) is 1. The minimum absolute atomic E-state index is 0.0426. The van der Waals surface area contributed by atoms with Gasteiger partial charge < -0.3 is 14.9 Å². The lowest BCUT2D eigenvalue weighted by Crippen LogP contribution is -2.43. The highest BCUT2D eigenvalue weighted by atomic mass is 35.5. The largest absolute Gasteiger partial charge is 0.497 e. The number of oxime groups is 1. The molecule has 7 heteroatoms. The summed E-state index contributed by atoms with van der Waals surface area (Å²) in [5.41, 5.74) is 0.344. The minimum atomic E-state index is -0.642. The molecular formula is C25H27ClN2O4. The average molecular weight is 455 g/mol. The number of carbonyl (C=O) groups excluding carboxylic acids is 2. The smallest absolute Gasteiger partial charge is 0.367 e. The summed E-state index contributed by atoms with van der Waals surface area (Å²) in [6.07, 6.45) is 1.97. The zero-order chi connectivity index (χ0) is 23.1. The topological polar surface area (TPSA) is 77.0 Å². The lowest BCUT2D eigenvalue weighted by molar-refractivity contribution is -0.130. The Bertz CT molecular complexity index is 1100. The van der Waals surface area contributed by atoms with Gasteiger partial charge in [-0.3, -0.25) is 4.79 Å². The van der Waals surface area contributed by atoms with Gasteiger partial charge in [-0.2, -0.15) is 0 Å². The molecule has 2 aromatic carbocycles. The third kappa shape index (κ3) is 3.28. The lowest BCUT2D eigenvalue weighted by atomic mass is 9.64. The quantitative estimate of drug-likeness (QED) is 0.463. The van der Waals surface area contributed by atoms with Crippen LogP contribution in [0, 0.1) is 16.2 Å². The van der Waals surface area contributed by atoms with Crippen molar-refractivity contribution in [3.63, 3.8) is 0 Å². The predicted molar refractivity (Wildman–Crippen MR) is 124 cm³/mol. The number of nitrogens with one attached hydrogen (secondary N) is 1. The molecule has 0 aromatic heterocycles. The van der Waals surface area contributed by atoms with E-state index in [1.807, 2.05) is 24.3 Å². The van der Waals surface area contributed by atoms with Gasteiger partial charge in [0.1, 0.15) is 5.75 Å². The second kappa shape index (κ2) is 7.93. The SMILES string of the molecule is COc1ccc(NC(=O)C23CCC(C)(/C(=N/OC(=O)c4ccccc4Cl)C2)C3(C)C)cc1. The van der Waals surface area contributed by atoms with Crippen molar-refractivity contribution in [1.82, 2.24) is 0 Å². The first-order valence-electron chi connectivity index (χ1n) is 10.6. The fraction of sp³-hybridized carbons (Fsp3) is 0.400. The molecule has 4 rings (SSSR count). The van der Waals surface area contributed by atoms with Gasteiger partial charge in [0.2, 0.25) is 5.91 Å². The Morgan fingerprint density at radius 3 is 2.38 bits per heavy atom. The van der Waals surface area contributed by atoms with Gasteiger partial charge in [-0.15, -0.1) is 0 Å². The third-order valence-electron chi connectivity index (χ3n) is 7.85. The summed E-state index contributed by atoms with van der Waals surface area (Å²) in [5, 5.41) is 7.64. The van der Waals surface area contributed by atoms with Gasteiger partial charge >= 0.3 is 5.97 Å². The first kappa shape index (κ1) is 22.3. The monoisotopic (exact) mass is 454 g/mol. The molecule has 2 aliphatic carbocycles. The number of hydrogen-bond donors (Lipinski definition) is 1. The molecule has 0 aliphatic heterocycles. The van der Waals surface area contributed by atoms with Crippen molar-refractivity contribution in [3.8, 4) is 5.75 Å². The molecule has 2 bridgehead atoms. The van der Waals surface area contributed by atoms with Crippen molar-refractivity contribution in [2.24, 2.45) is 21.4 Å². The fourth-order valence-corrected chi connectivity index (χ4v) is 5.43. The van der Waals surface area contributed by atoms with Crippen LogP contribution in [0.15, 0.2) is 53.7 Å².